The number of amides is 3. The van der Waals surface area contributed by atoms with Crippen molar-refractivity contribution < 1.29 is 23.7 Å². The van der Waals surface area contributed by atoms with Crippen molar-refractivity contribution in [3.63, 3.8) is 0 Å². The summed E-state index contributed by atoms with van der Waals surface area (Å²) in [6, 6.07) is -2.50. The van der Waals surface area contributed by atoms with E-state index in [0.717, 1.165) is 0 Å². The number of carboxylic acids is 1. The van der Waals surface area contributed by atoms with Gasteiger partial charge in [-0.3, -0.25) is 9.00 Å². The van der Waals surface area contributed by atoms with Crippen molar-refractivity contribution in [3.8, 4) is 0 Å². The van der Waals surface area contributed by atoms with E-state index in [2.05, 4.69) is 10.6 Å². The van der Waals surface area contributed by atoms with Crippen molar-refractivity contribution in [2.75, 3.05) is 12.0 Å². The molecule has 3 amide bonds. The highest BCUT2D eigenvalue weighted by molar-refractivity contribution is 7.84. The second kappa shape index (κ2) is 7.64. The van der Waals surface area contributed by atoms with E-state index in [-0.39, 0.29) is 11.8 Å². The fourth-order valence-corrected chi connectivity index (χ4v) is 2.01. The molecule has 0 aromatic carbocycles. The highest BCUT2D eigenvalue weighted by Gasteiger charge is 2.22. The van der Waals surface area contributed by atoms with Crippen LogP contribution in [-0.2, 0) is 20.4 Å². The Hall–Kier alpha value is -1.64. The number of carbonyl (C=O) groups is 3. The van der Waals surface area contributed by atoms with Crippen molar-refractivity contribution in [1.29, 1.82) is 0 Å². The van der Waals surface area contributed by atoms with Gasteiger partial charge in [-0.15, -0.1) is 0 Å². The number of carbonyl (C=O) groups excluding carboxylic acids is 2. The number of nitrogens with one attached hydrogen (secondary N) is 2. The monoisotopic (exact) mass is 279 g/mol. The van der Waals surface area contributed by atoms with Crippen LogP contribution in [0.15, 0.2) is 0 Å². The van der Waals surface area contributed by atoms with Crippen molar-refractivity contribution >= 4 is 28.7 Å². The summed E-state index contributed by atoms with van der Waals surface area (Å²) in [6.45, 7) is 1.63. The van der Waals surface area contributed by atoms with Crippen LogP contribution in [0, 0.1) is 0 Å². The second-order valence-corrected chi connectivity index (χ2v) is 5.30. The molecule has 0 radical (unpaired) electrons. The zero-order valence-electron chi connectivity index (χ0n) is 10.1. The zero-order chi connectivity index (χ0) is 14.3. The van der Waals surface area contributed by atoms with E-state index in [1.54, 1.807) is 6.92 Å². The average Bonchev–Trinajstić information content (AvgIpc) is 2.13. The van der Waals surface area contributed by atoms with Gasteiger partial charge in [-0.1, -0.05) is 0 Å². The van der Waals surface area contributed by atoms with Crippen LogP contribution >= 0.6 is 0 Å². The first kappa shape index (κ1) is 16.4. The number of hydrogen-bond acceptors (Lipinski definition) is 4. The first-order chi connectivity index (χ1) is 8.22. The molecular weight excluding hydrogens is 262 g/mol. The van der Waals surface area contributed by atoms with Crippen LogP contribution in [0.2, 0.25) is 0 Å². The maximum absolute atomic E-state index is 11.4. The van der Waals surface area contributed by atoms with Gasteiger partial charge in [0.05, 0.1) is 6.42 Å². The van der Waals surface area contributed by atoms with E-state index >= 15 is 0 Å². The third-order valence-electron chi connectivity index (χ3n) is 1.87. The number of urea groups is 1. The summed E-state index contributed by atoms with van der Waals surface area (Å²) < 4.78 is 10.9. The molecule has 0 heterocycles. The van der Waals surface area contributed by atoms with Crippen LogP contribution in [0.5, 0.6) is 0 Å². The van der Waals surface area contributed by atoms with Crippen molar-refractivity contribution in [3.05, 3.63) is 0 Å². The molecule has 0 bridgehead atoms. The highest BCUT2D eigenvalue weighted by Crippen LogP contribution is 1.93. The molecule has 3 atom stereocenters. The predicted molar refractivity (Wildman–Crippen MR) is 65.3 cm³/mol. The fourth-order valence-electron chi connectivity index (χ4n) is 1.22. The van der Waals surface area contributed by atoms with Gasteiger partial charge in [0.25, 0.3) is 0 Å². The third kappa shape index (κ3) is 7.60. The quantitative estimate of drug-likeness (QED) is 0.443. The summed E-state index contributed by atoms with van der Waals surface area (Å²) in [7, 11) is -1.08. The zero-order valence-corrected chi connectivity index (χ0v) is 11.0. The molecule has 0 spiro atoms. The summed E-state index contributed by atoms with van der Waals surface area (Å²) in [5.74, 6) is -1.93. The molecule has 0 aliphatic heterocycles. The minimum absolute atomic E-state index is 0.251. The van der Waals surface area contributed by atoms with E-state index in [1.807, 2.05) is 0 Å². The van der Waals surface area contributed by atoms with E-state index in [1.165, 1.54) is 6.26 Å². The largest absolute Gasteiger partial charge is 0.480 e. The topological polar surface area (TPSA) is 139 Å². The van der Waals surface area contributed by atoms with Gasteiger partial charge in [-0.25, -0.2) is 9.59 Å². The van der Waals surface area contributed by atoms with Gasteiger partial charge in [-0.05, 0) is 6.92 Å². The Balaban J connectivity index is 4.29. The normalized spacial score (nSPS) is 15.2. The molecule has 3 unspecified atom stereocenters. The van der Waals surface area contributed by atoms with Gasteiger partial charge in [0, 0.05) is 28.9 Å². The smallest absolute Gasteiger partial charge is 0.326 e. The standard InChI is InChI=1S/C9H17N3O5S/c1-5(4-18(2)17)11-9(16)12-6(8(14)15)3-7(10)13/h5-6H,3-4H2,1-2H3,(H2,10,13)(H,14,15)(H2,11,12,16). The Bertz CT molecular complexity index is 360. The summed E-state index contributed by atoms with van der Waals surface area (Å²) >= 11 is 0. The molecule has 0 saturated carbocycles. The van der Waals surface area contributed by atoms with Crippen LogP contribution in [0.1, 0.15) is 13.3 Å². The number of aliphatic carboxylic acids is 1. The van der Waals surface area contributed by atoms with E-state index in [4.69, 9.17) is 10.8 Å². The Morgan fingerprint density at radius 2 is 1.89 bits per heavy atom. The molecule has 0 saturated heterocycles. The molecule has 0 aromatic heterocycles. The Kier molecular flexibility index (Phi) is 6.94. The summed E-state index contributed by atoms with van der Waals surface area (Å²) in [6.07, 6.45) is 1.00. The molecular formula is C9H17N3O5S. The van der Waals surface area contributed by atoms with Crippen molar-refractivity contribution in [2.24, 2.45) is 5.73 Å². The predicted octanol–water partition coefficient (Wildman–Crippen LogP) is -1.62. The maximum atomic E-state index is 11.4. The second-order valence-electron chi connectivity index (χ2n) is 3.82. The Morgan fingerprint density at radius 1 is 1.33 bits per heavy atom. The van der Waals surface area contributed by atoms with Crippen molar-refractivity contribution in [2.45, 2.75) is 25.4 Å². The molecule has 0 aromatic rings. The lowest BCUT2D eigenvalue weighted by Gasteiger charge is -2.16. The fraction of sp³-hybridized carbons (Fsp3) is 0.667. The molecule has 8 nitrogen and oxygen atoms in total. The summed E-state index contributed by atoms with van der Waals surface area (Å²) in [5, 5.41) is 13.3. The number of carboxylic acid groups (broad SMARTS) is 1. The lowest BCUT2D eigenvalue weighted by Crippen LogP contribution is -2.50. The molecule has 0 rings (SSSR count). The van der Waals surface area contributed by atoms with E-state index in [0.29, 0.717) is 0 Å². The number of primary amides is 1. The number of rotatable bonds is 7. The van der Waals surface area contributed by atoms with Crippen molar-refractivity contribution in [1.82, 2.24) is 10.6 Å². The van der Waals surface area contributed by atoms with Gasteiger partial charge in [0.15, 0.2) is 0 Å². The van der Waals surface area contributed by atoms with Gasteiger partial charge in [0.2, 0.25) is 5.91 Å². The van der Waals surface area contributed by atoms with Crippen LogP contribution in [-0.4, -0.2) is 51.3 Å². The minimum Gasteiger partial charge on any atom is -0.480 e. The lowest BCUT2D eigenvalue weighted by atomic mass is 10.2. The molecule has 5 N–H and O–H groups in total. The van der Waals surface area contributed by atoms with Crippen LogP contribution in [0.4, 0.5) is 4.79 Å². The highest BCUT2D eigenvalue weighted by atomic mass is 32.2. The van der Waals surface area contributed by atoms with Gasteiger partial charge in [-0.2, -0.15) is 0 Å². The Morgan fingerprint density at radius 3 is 2.28 bits per heavy atom. The van der Waals surface area contributed by atoms with Crippen LogP contribution < -0.4 is 16.4 Å². The van der Waals surface area contributed by atoms with Crippen LogP contribution in [0.25, 0.3) is 0 Å². The molecule has 104 valence electrons. The number of hydrogen-bond donors (Lipinski definition) is 4. The molecule has 18 heavy (non-hydrogen) atoms. The molecule has 0 aliphatic carbocycles. The SMILES string of the molecule is CC(CS(C)=O)NC(=O)NC(CC(N)=O)C(=O)O. The molecule has 9 heteroatoms. The first-order valence-corrected chi connectivity index (χ1v) is 6.83. The maximum Gasteiger partial charge on any atom is 0.326 e. The first-order valence-electron chi connectivity index (χ1n) is 5.10. The van der Waals surface area contributed by atoms with E-state index in [9.17, 15) is 18.6 Å². The van der Waals surface area contributed by atoms with E-state index < -0.39 is 41.2 Å². The summed E-state index contributed by atoms with van der Waals surface area (Å²) in [5.41, 5.74) is 4.86. The van der Waals surface area contributed by atoms with Gasteiger partial charge >= 0.3 is 12.0 Å². The number of nitrogens with two attached hydrogens (primary N) is 1. The third-order valence-corrected chi connectivity index (χ3v) is 2.84. The lowest BCUT2D eigenvalue weighted by molar-refractivity contribution is -0.140. The van der Waals surface area contributed by atoms with Gasteiger partial charge < -0.3 is 21.5 Å². The molecule has 0 aliphatic rings. The molecule has 0 fully saturated rings. The minimum atomic E-state index is -1.37. The Labute approximate surface area is 107 Å². The van der Waals surface area contributed by atoms with Crippen LogP contribution in [0.3, 0.4) is 0 Å². The summed E-state index contributed by atoms with van der Waals surface area (Å²) in [4.78, 5) is 32.7. The average molecular weight is 279 g/mol. The van der Waals surface area contributed by atoms with Gasteiger partial charge in [0.1, 0.15) is 6.04 Å².